The largest absolute Gasteiger partial charge is 0.493 e. The lowest BCUT2D eigenvalue weighted by Gasteiger charge is -2.12. The van der Waals surface area contributed by atoms with Crippen LogP contribution in [-0.2, 0) is 16.1 Å². The van der Waals surface area contributed by atoms with Crippen LogP contribution in [0.5, 0.6) is 11.5 Å². The molecule has 168 valence electrons. The van der Waals surface area contributed by atoms with Gasteiger partial charge in [-0.05, 0) is 66.1 Å². The van der Waals surface area contributed by atoms with E-state index in [2.05, 4.69) is 4.99 Å². The lowest BCUT2D eigenvalue weighted by atomic mass is 10.1. The molecule has 1 aliphatic rings. The summed E-state index contributed by atoms with van der Waals surface area (Å²) >= 11 is 18.2. The van der Waals surface area contributed by atoms with E-state index in [1.54, 1.807) is 55.7 Å². The Morgan fingerprint density at radius 3 is 2.48 bits per heavy atom. The van der Waals surface area contributed by atoms with Crippen molar-refractivity contribution in [1.29, 1.82) is 0 Å². The van der Waals surface area contributed by atoms with Gasteiger partial charge in [-0.1, -0.05) is 53.0 Å². The number of cyclic esters (lactones) is 1. The second kappa shape index (κ2) is 9.87. The van der Waals surface area contributed by atoms with Crippen LogP contribution < -0.4 is 9.47 Å². The van der Waals surface area contributed by atoms with E-state index in [9.17, 15) is 4.79 Å². The van der Waals surface area contributed by atoms with E-state index in [-0.39, 0.29) is 18.2 Å². The fraction of sp³-hybridized carbons (Fsp3) is 0.120. The third kappa shape index (κ3) is 5.33. The van der Waals surface area contributed by atoms with Crippen molar-refractivity contribution in [3.05, 3.63) is 97.6 Å². The summed E-state index contributed by atoms with van der Waals surface area (Å²) in [4.78, 5) is 16.7. The van der Waals surface area contributed by atoms with Gasteiger partial charge < -0.3 is 14.2 Å². The summed E-state index contributed by atoms with van der Waals surface area (Å²) in [5, 5.41) is 1.52. The van der Waals surface area contributed by atoms with Crippen molar-refractivity contribution in [1.82, 2.24) is 0 Å². The maximum atomic E-state index is 12.3. The van der Waals surface area contributed by atoms with Crippen molar-refractivity contribution in [2.75, 3.05) is 7.11 Å². The Kier molecular flexibility index (Phi) is 6.94. The normalized spacial score (nSPS) is 14.3. The molecule has 0 amide bonds. The molecule has 0 unspecified atom stereocenters. The Labute approximate surface area is 206 Å². The number of methoxy groups -OCH3 is 1. The summed E-state index contributed by atoms with van der Waals surface area (Å²) in [5.74, 6) is 0.714. The number of esters is 1. The van der Waals surface area contributed by atoms with E-state index >= 15 is 0 Å². The fourth-order valence-corrected chi connectivity index (χ4v) is 3.60. The van der Waals surface area contributed by atoms with Crippen molar-refractivity contribution in [3.8, 4) is 11.5 Å². The average molecular weight is 503 g/mol. The van der Waals surface area contributed by atoms with E-state index in [0.717, 1.165) is 11.1 Å². The Balaban J connectivity index is 1.54. The summed E-state index contributed by atoms with van der Waals surface area (Å²) < 4.78 is 16.6. The fourth-order valence-electron chi connectivity index (χ4n) is 3.10. The van der Waals surface area contributed by atoms with Crippen LogP contribution in [-0.4, -0.2) is 19.0 Å². The Morgan fingerprint density at radius 1 is 0.939 bits per heavy atom. The van der Waals surface area contributed by atoms with Crippen LogP contribution in [0.15, 0.2) is 65.3 Å². The summed E-state index contributed by atoms with van der Waals surface area (Å²) in [6, 6.07) is 16.0. The molecule has 0 fully saturated rings. The number of aryl methyl sites for hydroxylation is 1. The number of carbonyl (C=O) groups excluding carboxylic acids is 1. The summed E-state index contributed by atoms with van der Waals surface area (Å²) in [6.45, 7) is 2.18. The zero-order valence-electron chi connectivity index (χ0n) is 17.7. The summed E-state index contributed by atoms with van der Waals surface area (Å²) in [7, 11) is 1.54. The molecular weight excluding hydrogens is 485 g/mol. The van der Waals surface area contributed by atoms with Crippen molar-refractivity contribution in [2.24, 2.45) is 4.99 Å². The molecule has 0 aromatic heterocycles. The first-order valence-corrected chi connectivity index (χ1v) is 11.0. The Bertz CT molecular complexity index is 1300. The zero-order valence-corrected chi connectivity index (χ0v) is 20.0. The lowest BCUT2D eigenvalue weighted by molar-refractivity contribution is -0.129. The molecule has 0 spiro atoms. The van der Waals surface area contributed by atoms with E-state index in [1.807, 2.05) is 19.1 Å². The van der Waals surface area contributed by atoms with Crippen molar-refractivity contribution < 1.29 is 19.0 Å². The Hall–Kier alpha value is -2.99. The molecule has 4 rings (SSSR count). The number of benzene rings is 3. The van der Waals surface area contributed by atoms with Gasteiger partial charge in [0.05, 0.1) is 17.2 Å². The van der Waals surface area contributed by atoms with E-state index in [0.29, 0.717) is 37.7 Å². The predicted octanol–water partition coefficient (Wildman–Crippen LogP) is 6.89. The third-order valence-electron chi connectivity index (χ3n) is 4.91. The summed E-state index contributed by atoms with van der Waals surface area (Å²) in [6.07, 6.45) is 1.62. The van der Waals surface area contributed by atoms with Crippen molar-refractivity contribution in [2.45, 2.75) is 13.5 Å². The molecule has 5 nitrogen and oxygen atoms in total. The van der Waals surface area contributed by atoms with Crippen LogP contribution in [0, 0.1) is 6.92 Å². The van der Waals surface area contributed by atoms with E-state index in [4.69, 9.17) is 49.0 Å². The first-order chi connectivity index (χ1) is 15.8. The predicted molar refractivity (Wildman–Crippen MR) is 131 cm³/mol. The quantitative estimate of drug-likeness (QED) is 0.272. The molecule has 3 aromatic carbocycles. The van der Waals surface area contributed by atoms with Gasteiger partial charge in [0.2, 0.25) is 5.90 Å². The van der Waals surface area contributed by atoms with Crippen molar-refractivity contribution >= 4 is 52.7 Å². The van der Waals surface area contributed by atoms with Crippen LogP contribution in [0.2, 0.25) is 15.1 Å². The topological polar surface area (TPSA) is 57.1 Å². The molecule has 0 saturated heterocycles. The lowest BCUT2D eigenvalue weighted by Crippen LogP contribution is -2.05. The highest BCUT2D eigenvalue weighted by Gasteiger charge is 2.24. The highest BCUT2D eigenvalue weighted by Crippen LogP contribution is 2.31. The molecule has 33 heavy (non-hydrogen) atoms. The van der Waals surface area contributed by atoms with Gasteiger partial charge in [-0.2, -0.15) is 0 Å². The number of halogens is 3. The minimum absolute atomic E-state index is 0.174. The number of hydrogen-bond donors (Lipinski definition) is 0. The molecule has 0 aliphatic carbocycles. The van der Waals surface area contributed by atoms with Gasteiger partial charge in [0.15, 0.2) is 17.2 Å². The van der Waals surface area contributed by atoms with Crippen LogP contribution in [0.1, 0.15) is 22.3 Å². The number of carbonyl (C=O) groups is 1. The van der Waals surface area contributed by atoms with Gasteiger partial charge in [-0.25, -0.2) is 9.79 Å². The smallest absolute Gasteiger partial charge is 0.363 e. The second-order valence-corrected chi connectivity index (χ2v) is 8.47. The SMILES string of the molecule is COc1cc(/C=C2/N=C(c3ccc(C)c(Cl)c3)OC2=O)ccc1OCc1ccc(Cl)c(Cl)c1. The number of rotatable bonds is 6. The van der Waals surface area contributed by atoms with Crippen LogP contribution in [0.3, 0.4) is 0 Å². The molecule has 1 aliphatic heterocycles. The van der Waals surface area contributed by atoms with Crippen LogP contribution >= 0.6 is 34.8 Å². The van der Waals surface area contributed by atoms with E-state index in [1.165, 1.54) is 0 Å². The first kappa shape index (κ1) is 23.2. The molecule has 3 aromatic rings. The molecule has 8 heteroatoms. The number of aliphatic imine (C=N–C) groups is 1. The molecule has 0 saturated carbocycles. The average Bonchev–Trinajstić information content (AvgIpc) is 3.17. The maximum absolute atomic E-state index is 12.3. The van der Waals surface area contributed by atoms with Crippen LogP contribution in [0.25, 0.3) is 6.08 Å². The highest BCUT2D eigenvalue weighted by molar-refractivity contribution is 6.42. The van der Waals surface area contributed by atoms with Gasteiger partial charge in [0.25, 0.3) is 0 Å². The summed E-state index contributed by atoms with van der Waals surface area (Å²) in [5.41, 5.74) is 3.30. The van der Waals surface area contributed by atoms with Gasteiger partial charge >= 0.3 is 5.97 Å². The number of ether oxygens (including phenoxy) is 3. The Morgan fingerprint density at radius 2 is 1.76 bits per heavy atom. The third-order valence-corrected chi connectivity index (χ3v) is 6.05. The minimum atomic E-state index is -0.541. The molecule has 0 bridgehead atoms. The van der Waals surface area contributed by atoms with Crippen LogP contribution in [0.4, 0.5) is 0 Å². The monoisotopic (exact) mass is 501 g/mol. The van der Waals surface area contributed by atoms with Gasteiger partial charge in [-0.15, -0.1) is 0 Å². The maximum Gasteiger partial charge on any atom is 0.363 e. The van der Waals surface area contributed by atoms with Crippen molar-refractivity contribution in [3.63, 3.8) is 0 Å². The van der Waals surface area contributed by atoms with Gasteiger partial charge in [-0.3, -0.25) is 0 Å². The number of hydrogen-bond acceptors (Lipinski definition) is 5. The van der Waals surface area contributed by atoms with Gasteiger partial charge in [0, 0.05) is 10.6 Å². The second-order valence-electron chi connectivity index (χ2n) is 7.25. The van der Waals surface area contributed by atoms with E-state index < -0.39 is 5.97 Å². The molecule has 1 heterocycles. The highest BCUT2D eigenvalue weighted by atomic mass is 35.5. The van der Waals surface area contributed by atoms with Gasteiger partial charge in [0.1, 0.15) is 6.61 Å². The number of nitrogens with zero attached hydrogens (tertiary/aromatic N) is 1. The molecule has 0 radical (unpaired) electrons. The first-order valence-electron chi connectivity index (χ1n) is 9.88. The molecule has 0 N–H and O–H groups in total. The minimum Gasteiger partial charge on any atom is -0.493 e. The molecule has 0 atom stereocenters. The zero-order chi connectivity index (χ0) is 23.5. The molecular formula is C25H18Cl3NO4. The standard InChI is InChI=1S/C25H18Cl3NO4/c1-14-3-6-17(12-19(14)27)24-29-21(25(30)33-24)10-15-5-8-22(23(11-15)31-2)32-13-16-4-7-18(26)20(28)9-16/h3-12H,13H2,1-2H3/b21-10+.